The van der Waals surface area contributed by atoms with Crippen LogP contribution in [0.1, 0.15) is 46.0 Å². The Hall–Kier alpha value is -0.740. The molecule has 2 nitrogen and oxygen atoms in total. The molecule has 1 fully saturated rings. The molecule has 0 aliphatic heterocycles. The van der Waals surface area contributed by atoms with Crippen LogP contribution in [0, 0.1) is 0 Å². The maximum Gasteiger partial charge on any atom is 0.397 e. The first-order chi connectivity index (χ1) is 6.97. The zero-order chi connectivity index (χ0) is 11.9. The van der Waals surface area contributed by atoms with Crippen LogP contribution >= 0.6 is 0 Å². The van der Waals surface area contributed by atoms with Gasteiger partial charge in [-0.05, 0) is 12.8 Å². The number of carbonyl (C=O) groups excluding carboxylic acids is 1. The summed E-state index contributed by atoms with van der Waals surface area (Å²) in [4.78, 5) is 10.8. The van der Waals surface area contributed by atoms with Crippen LogP contribution in [0.5, 0.6) is 0 Å². The molecule has 0 spiro atoms. The highest BCUT2D eigenvalue weighted by atomic mass is 19.4. The van der Waals surface area contributed by atoms with Crippen molar-refractivity contribution in [3.05, 3.63) is 0 Å². The average Bonchev–Trinajstić information content (AvgIpc) is 2.57. The molecule has 0 heterocycles. The molecule has 0 aromatic rings. The molecule has 0 aromatic carbocycles. The van der Waals surface area contributed by atoms with Gasteiger partial charge < -0.3 is 5.32 Å². The van der Waals surface area contributed by atoms with Gasteiger partial charge in [0.15, 0.2) is 0 Å². The van der Waals surface area contributed by atoms with E-state index in [9.17, 15) is 18.0 Å². The highest BCUT2D eigenvalue weighted by molar-refractivity contribution is 5.76. The Bertz CT molecular complexity index is 186. The molecular weight excluding hydrogens is 207 g/mol. The maximum absolute atomic E-state index is 11.7. The lowest BCUT2D eigenvalue weighted by Crippen LogP contribution is -2.35. The van der Waals surface area contributed by atoms with Crippen LogP contribution < -0.4 is 5.32 Å². The van der Waals surface area contributed by atoms with Crippen molar-refractivity contribution in [2.75, 3.05) is 0 Å². The summed E-state index contributed by atoms with van der Waals surface area (Å²) in [6, 6.07) is -0.0325. The Balaban J connectivity index is 0.000000921. The predicted octanol–water partition coefficient (Wildman–Crippen LogP) is 3.02. The van der Waals surface area contributed by atoms with Gasteiger partial charge in [-0.15, -0.1) is 0 Å². The quantitative estimate of drug-likeness (QED) is 0.769. The van der Waals surface area contributed by atoms with Crippen molar-refractivity contribution < 1.29 is 18.0 Å². The fourth-order valence-electron chi connectivity index (χ4n) is 1.53. The minimum absolute atomic E-state index is 0.0325. The summed E-state index contributed by atoms with van der Waals surface area (Å²) < 4.78 is 35.2. The molecule has 0 atom stereocenters. The van der Waals surface area contributed by atoms with E-state index in [0.29, 0.717) is 0 Å². The minimum Gasteiger partial charge on any atom is -0.353 e. The number of amides is 1. The van der Waals surface area contributed by atoms with Gasteiger partial charge in [-0.25, -0.2) is 0 Å². The Morgan fingerprint density at radius 3 is 2.13 bits per heavy atom. The molecule has 1 N–H and O–H groups in total. The molecule has 0 aromatic heterocycles. The second-order valence-corrected chi connectivity index (χ2v) is 3.34. The first kappa shape index (κ1) is 14.3. The van der Waals surface area contributed by atoms with Gasteiger partial charge >= 0.3 is 6.18 Å². The van der Waals surface area contributed by atoms with E-state index < -0.39 is 18.5 Å². The van der Waals surface area contributed by atoms with Gasteiger partial charge in [-0.3, -0.25) is 4.79 Å². The molecule has 90 valence electrons. The third kappa shape index (κ3) is 7.22. The number of rotatable bonds is 2. The minimum atomic E-state index is -4.39. The second-order valence-electron chi connectivity index (χ2n) is 3.34. The highest BCUT2D eigenvalue weighted by Gasteiger charge is 2.32. The number of nitrogens with one attached hydrogen (secondary N) is 1. The zero-order valence-electron chi connectivity index (χ0n) is 9.16. The number of alkyl halides is 3. The summed E-state index contributed by atoms with van der Waals surface area (Å²) in [6.45, 7) is 4.00. The Labute approximate surface area is 88.2 Å². The number of hydrogen-bond donors (Lipinski definition) is 1. The van der Waals surface area contributed by atoms with Crippen molar-refractivity contribution >= 4 is 5.91 Å². The van der Waals surface area contributed by atoms with Crippen LogP contribution in [0.2, 0.25) is 0 Å². The SMILES string of the molecule is CC.O=C(CC(F)(F)F)NC1CCCC1. The first-order valence-corrected chi connectivity index (χ1v) is 5.33. The lowest BCUT2D eigenvalue weighted by Gasteiger charge is -2.12. The summed E-state index contributed by atoms with van der Waals surface area (Å²) in [5.74, 6) is -0.903. The third-order valence-electron chi connectivity index (χ3n) is 2.08. The van der Waals surface area contributed by atoms with E-state index in [0.717, 1.165) is 25.7 Å². The molecule has 0 unspecified atom stereocenters. The van der Waals surface area contributed by atoms with Gasteiger partial charge in [0.05, 0.1) is 0 Å². The van der Waals surface area contributed by atoms with Crippen LogP contribution in [-0.4, -0.2) is 18.1 Å². The van der Waals surface area contributed by atoms with Crippen molar-refractivity contribution in [3.63, 3.8) is 0 Å². The van der Waals surface area contributed by atoms with E-state index in [1.807, 2.05) is 13.8 Å². The van der Waals surface area contributed by atoms with Crippen molar-refractivity contribution in [1.82, 2.24) is 5.32 Å². The van der Waals surface area contributed by atoms with Gasteiger partial charge in [0.1, 0.15) is 6.42 Å². The smallest absolute Gasteiger partial charge is 0.353 e. The molecule has 1 amide bonds. The lowest BCUT2D eigenvalue weighted by molar-refractivity contribution is -0.154. The number of hydrogen-bond acceptors (Lipinski definition) is 1. The van der Waals surface area contributed by atoms with Crippen LogP contribution in [0.15, 0.2) is 0 Å². The van der Waals surface area contributed by atoms with Crippen molar-refractivity contribution in [2.45, 2.75) is 58.2 Å². The van der Waals surface area contributed by atoms with E-state index in [1.165, 1.54) is 0 Å². The first-order valence-electron chi connectivity index (χ1n) is 5.33. The molecule has 1 aliphatic carbocycles. The largest absolute Gasteiger partial charge is 0.397 e. The summed E-state index contributed by atoms with van der Waals surface area (Å²) in [5.41, 5.74) is 0. The standard InChI is InChI=1S/C8H12F3NO.C2H6/c9-8(10,11)5-7(13)12-6-3-1-2-4-6;1-2/h6H,1-5H2,(H,12,13);1-2H3. The zero-order valence-corrected chi connectivity index (χ0v) is 9.16. The summed E-state index contributed by atoms with van der Waals surface area (Å²) >= 11 is 0. The van der Waals surface area contributed by atoms with Crippen LogP contribution in [0.25, 0.3) is 0 Å². The van der Waals surface area contributed by atoms with E-state index >= 15 is 0 Å². The molecule has 5 heteroatoms. The summed E-state index contributed by atoms with van der Waals surface area (Å²) in [5, 5.41) is 2.38. The molecule has 15 heavy (non-hydrogen) atoms. The van der Waals surface area contributed by atoms with Gasteiger partial charge in [0.25, 0.3) is 0 Å². The normalized spacial score (nSPS) is 16.9. The topological polar surface area (TPSA) is 29.1 Å². The molecular formula is C10H18F3NO. The highest BCUT2D eigenvalue weighted by Crippen LogP contribution is 2.21. The average molecular weight is 225 g/mol. The monoisotopic (exact) mass is 225 g/mol. The van der Waals surface area contributed by atoms with Gasteiger partial charge in [-0.1, -0.05) is 26.7 Å². The van der Waals surface area contributed by atoms with Crippen LogP contribution in [0.3, 0.4) is 0 Å². The Morgan fingerprint density at radius 2 is 1.73 bits per heavy atom. The van der Waals surface area contributed by atoms with Crippen LogP contribution in [0.4, 0.5) is 13.2 Å². The third-order valence-corrected chi connectivity index (χ3v) is 2.08. The Morgan fingerprint density at radius 1 is 1.27 bits per heavy atom. The molecule has 1 saturated carbocycles. The van der Waals surface area contributed by atoms with Crippen molar-refractivity contribution in [3.8, 4) is 0 Å². The van der Waals surface area contributed by atoms with Crippen molar-refractivity contribution in [1.29, 1.82) is 0 Å². The summed E-state index contributed by atoms with van der Waals surface area (Å²) in [6.07, 6.45) is -2.13. The van der Waals surface area contributed by atoms with Crippen molar-refractivity contribution in [2.24, 2.45) is 0 Å². The van der Waals surface area contributed by atoms with Gasteiger partial charge in [0.2, 0.25) is 5.91 Å². The van der Waals surface area contributed by atoms with Gasteiger partial charge in [-0.2, -0.15) is 13.2 Å². The fraction of sp³-hybridized carbons (Fsp3) is 0.900. The molecule has 0 radical (unpaired) electrons. The van der Waals surface area contributed by atoms with Gasteiger partial charge in [0, 0.05) is 6.04 Å². The van der Waals surface area contributed by atoms with E-state index in [1.54, 1.807) is 0 Å². The van der Waals surface area contributed by atoms with E-state index in [2.05, 4.69) is 5.32 Å². The number of carbonyl (C=O) groups is 1. The molecule has 1 rings (SSSR count). The van der Waals surface area contributed by atoms with Crippen LogP contribution in [-0.2, 0) is 4.79 Å². The number of halogens is 3. The summed E-state index contributed by atoms with van der Waals surface area (Å²) in [7, 11) is 0. The molecule has 1 aliphatic rings. The second kappa shape index (κ2) is 6.69. The fourth-order valence-corrected chi connectivity index (χ4v) is 1.53. The Kier molecular flexibility index (Phi) is 6.36. The van der Waals surface area contributed by atoms with E-state index in [-0.39, 0.29) is 6.04 Å². The van der Waals surface area contributed by atoms with E-state index in [4.69, 9.17) is 0 Å². The molecule has 0 bridgehead atoms. The predicted molar refractivity (Wildman–Crippen MR) is 52.4 cm³/mol. The molecule has 0 saturated heterocycles. The lowest BCUT2D eigenvalue weighted by atomic mass is 10.2. The maximum atomic E-state index is 11.7.